The van der Waals surface area contributed by atoms with E-state index in [9.17, 15) is 14.0 Å². The van der Waals surface area contributed by atoms with Gasteiger partial charge in [0.2, 0.25) is 0 Å². The molecule has 0 saturated carbocycles. The Morgan fingerprint density at radius 1 is 1.03 bits per heavy atom. The minimum atomic E-state index is -0.660. The van der Waals surface area contributed by atoms with Gasteiger partial charge in [0.15, 0.2) is 17.3 Å². The molecule has 3 N–H and O–H groups in total. The van der Waals surface area contributed by atoms with Gasteiger partial charge in [0, 0.05) is 36.0 Å². The molecule has 10 heteroatoms. The monoisotopic (exact) mass is 481 g/mol. The fraction of sp³-hybridized carbons (Fsp3) is 0.0769. The third-order valence-electron chi connectivity index (χ3n) is 5.55. The number of pyridine rings is 1. The van der Waals surface area contributed by atoms with Crippen LogP contribution < -0.4 is 11.1 Å². The number of carbonyl (C=O) groups is 2. The van der Waals surface area contributed by atoms with Crippen LogP contribution in [0.25, 0.3) is 33.5 Å². The normalized spacial score (nSPS) is 10.9. The summed E-state index contributed by atoms with van der Waals surface area (Å²) >= 11 is 0. The van der Waals surface area contributed by atoms with Gasteiger partial charge in [-0.2, -0.15) is 5.10 Å². The first-order valence-electron chi connectivity index (χ1n) is 11.0. The lowest BCUT2D eigenvalue weighted by Gasteiger charge is -2.12. The predicted molar refractivity (Wildman–Crippen MR) is 132 cm³/mol. The number of nitrogens with two attached hydrogens (primary N) is 1. The van der Waals surface area contributed by atoms with Crippen LogP contribution in [0.15, 0.2) is 73.1 Å². The van der Waals surface area contributed by atoms with Crippen LogP contribution in [0.5, 0.6) is 0 Å². The van der Waals surface area contributed by atoms with Gasteiger partial charge in [0.05, 0.1) is 17.8 Å². The molecule has 0 aliphatic carbocycles. The summed E-state index contributed by atoms with van der Waals surface area (Å²) in [6, 6.07) is 16.2. The maximum absolute atomic E-state index is 13.1. The Balaban J connectivity index is 1.51. The summed E-state index contributed by atoms with van der Waals surface area (Å²) in [7, 11) is 1.78. The van der Waals surface area contributed by atoms with Crippen LogP contribution in [0.3, 0.4) is 0 Å². The highest BCUT2D eigenvalue weighted by atomic mass is 19.1. The minimum Gasteiger partial charge on any atom is -0.382 e. The lowest BCUT2D eigenvalue weighted by atomic mass is 10.0. The number of nitrogens with one attached hydrogen (secondary N) is 1. The van der Waals surface area contributed by atoms with Crippen LogP contribution in [0.1, 0.15) is 20.8 Å². The first kappa shape index (κ1) is 22.8. The van der Waals surface area contributed by atoms with Gasteiger partial charge in [0.25, 0.3) is 5.91 Å². The van der Waals surface area contributed by atoms with Crippen LogP contribution in [0, 0.1) is 5.82 Å². The number of halogens is 1. The number of aromatic nitrogens is 5. The average Bonchev–Trinajstić information content (AvgIpc) is 3.33. The number of carbonyl (C=O) groups excluding carboxylic acids is 2. The van der Waals surface area contributed by atoms with E-state index in [1.54, 1.807) is 30.2 Å². The van der Waals surface area contributed by atoms with Crippen molar-refractivity contribution in [2.24, 2.45) is 7.05 Å². The first-order chi connectivity index (χ1) is 17.4. The number of anilines is 1. The summed E-state index contributed by atoms with van der Waals surface area (Å²) in [6.07, 6.45) is 3.48. The second-order valence-electron chi connectivity index (χ2n) is 8.05. The standard InChI is InChI=1S/C26H20FN7O2/c1-34-12-10-20(33-34)23-22(17-6-9-19-16(13-17)3-2-11-29-19)31-24(25(28)32-23)26(36)30-14-21(35)15-4-7-18(27)8-5-15/h2-13H,14H2,1H3,(H2,28,32)(H,30,36). The molecular weight excluding hydrogens is 461 g/mol. The molecule has 0 fully saturated rings. The minimum absolute atomic E-state index is 0.103. The summed E-state index contributed by atoms with van der Waals surface area (Å²) in [5.74, 6) is -1.61. The molecule has 5 rings (SSSR count). The molecule has 36 heavy (non-hydrogen) atoms. The van der Waals surface area contributed by atoms with Gasteiger partial charge < -0.3 is 11.1 Å². The van der Waals surface area contributed by atoms with Crippen LogP contribution in [-0.4, -0.2) is 43.0 Å². The van der Waals surface area contributed by atoms with E-state index >= 15 is 0 Å². The Morgan fingerprint density at radius 3 is 2.58 bits per heavy atom. The maximum atomic E-state index is 13.1. The van der Waals surface area contributed by atoms with Crippen LogP contribution in [-0.2, 0) is 7.05 Å². The average molecular weight is 481 g/mol. The SMILES string of the molecule is Cn1ccc(-c2nc(N)c(C(=O)NCC(=O)c3ccc(F)cc3)nc2-c2ccc3ncccc3c2)n1. The van der Waals surface area contributed by atoms with E-state index in [1.807, 2.05) is 30.3 Å². The summed E-state index contributed by atoms with van der Waals surface area (Å²) in [5, 5.41) is 7.83. The number of fused-ring (bicyclic) bond motifs is 1. The molecule has 3 aromatic heterocycles. The molecule has 0 atom stereocenters. The number of Topliss-reactive ketones (excluding diaryl/α,β-unsaturated/α-hetero) is 1. The smallest absolute Gasteiger partial charge is 0.274 e. The number of nitrogen functional groups attached to an aromatic ring is 1. The van der Waals surface area contributed by atoms with Crippen molar-refractivity contribution < 1.29 is 14.0 Å². The number of aryl methyl sites for hydroxylation is 1. The van der Waals surface area contributed by atoms with Gasteiger partial charge in [-0.25, -0.2) is 14.4 Å². The molecule has 0 aliphatic heterocycles. The number of hydrogen-bond donors (Lipinski definition) is 2. The van der Waals surface area contributed by atoms with Crippen LogP contribution in [0.2, 0.25) is 0 Å². The highest BCUT2D eigenvalue weighted by Gasteiger charge is 2.22. The molecular formula is C26H20FN7O2. The highest BCUT2D eigenvalue weighted by Crippen LogP contribution is 2.31. The summed E-state index contributed by atoms with van der Waals surface area (Å²) in [5.41, 5.74) is 9.14. The van der Waals surface area contributed by atoms with Gasteiger partial charge in [-0.3, -0.25) is 19.3 Å². The van der Waals surface area contributed by atoms with Gasteiger partial charge in [-0.05, 0) is 48.5 Å². The third-order valence-corrected chi connectivity index (χ3v) is 5.55. The molecule has 0 unspecified atom stereocenters. The van der Waals surface area contributed by atoms with Crippen molar-refractivity contribution in [1.29, 1.82) is 0 Å². The number of benzene rings is 2. The van der Waals surface area contributed by atoms with E-state index in [0.717, 1.165) is 10.9 Å². The zero-order valence-corrected chi connectivity index (χ0v) is 19.1. The predicted octanol–water partition coefficient (Wildman–Crippen LogP) is 3.43. The van der Waals surface area contributed by atoms with E-state index in [0.29, 0.717) is 22.6 Å². The molecule has 0 aliphatic rings. The number of rotatable bonds is 6. The summed E-state index contributed by atoms with van der Waals surface area (Å²) in [6.45, 7) is -0.315. The maximum Gasteiger partial charge on any atom is 0.274 e. The van der Waals surface area contributed by atoms with Crippen LogP contribution >= 0.6 is 0 Å². The van der Waals surface area contributed by atoms with Crippen molar-refractivity contribution >= 4 is 28.4 Å². The van der Waals surface area contributed by atoms with Crippen molar-refractivity contribution in [3.8, 4) is 22.6 Å². The number of nitrogens with zero attached hydrogens (tertiary/aromatic N) is 5. The van der Waals surface area contributed by atoms with Crippen molar-refractivity contribution in [3.63, 3.8) is 0 Å². The van der Waals surface area contributed by atoms with Gasteiger partial charge in [-0.15, -0.1) is 0 Å². The van der Waals surface area contributed by atoms with Gasteiger partial charge in [0.1, 0.15) is 17.2 Å². The first-order valence-corrected chi connectivity index (χ1v) is 11.0. The van der Waals surface area contributed by atoms with Gasteiger partial charge in [-0.1, -0.05) is 12.1 Å². The second kappa shape index (κ2) is 9.34. The highest BCUT2D eigenvalue weighted by molar-refractivity contribution is 6.03. The van der Waals surface area contributed by atoms with Crippen molar-refractivity contribution in [2.45, 2.75) is 0 Å². The molecule has 0 spiro atoms. The second-order valence-corrected chi connectivity index (χ2v) is 8.05. The Morgan fingerprint density at radius 2 is 1.83 bits per heavy atom. The molecule has 3 heterocycles. The molecule has 1 amide bonds. The molecule has 5 aromatic rings. The number of hydrogen-bond acceptors (Lipinski definition) is 7. The Kier molecular flexibility index (Phi) is 5.91. The van der Waals surface area contributed by atoms with Crippen molar-refractivity contribution in [3.05, 3.63) is 90.1 Å². The van der Waals surface area contributed by atoms with E-state index in [2.05, 4.69) is 25.4 Å². The number of amides is 1. The van der Waals surface area contributed by atoms with E-state index in [-0.39, 0.29) is 29.4 Å². The summed E-state index contributed by atoms with van der Waals surface area (Å²) < 4.78 is 14.8. The molecule has 0 bridgehead atoms. The third kappa shape index (κ3) is 4.51. The zero-order chi connectivity index (χ0) is 25.2. The fourth-order valence-electron chi connectivity index (χ4n) is 3.74. The van der Waals surface area contributed by atoms with Gasteiger partial charge >= 0.3 is 0 Å². The summed E-state index contributed by atoms with van der Waals surface area (Å²) in [4.78, 5) is 38.8. The van der Waals surface area contributed by atoms with E-state index in [1.165, 1.54) is 24.3 Å². The lowest BCUT2D eigenvalue weighted by Crippen LogP contribution is -2.31. The number of ketones is 1. The zero-order valence-electron chi connectivity index (χ0n) is 19.1. The topological polar surface area (TPSA) is 129 Å². The van der Waals surface area contributed by atoms with Crippen molar-refractivity contribution in [2.75, 3.05) is 12.3 Å². The quantitative estimate of drug-likeness (QED) is 0.356. The Bertz CT molecular complexity index is 1610. The van der Waals surface area contributed by atoms with E-state index < -0.39 is 11.7 Å². The van der Waals surface area contributed by atoms with Crippen molar-refractivity contribution in [1.82, 2.24) is 30.0 Å². The largest absolute Gasteiger partial charge is 0.382 e. The fourth-order valence-corrected chi connectivity index (χ4v) is 3.74. The Labute approximate surface area is 204 Å². The van der Waals surface area contributed by atoms with E-state index in [4.69, 9.17) is 5.73 Å². The molecule has 9 nitrogen and oxygen atoms in total. The van der Waals surface area contributed by atoms with Crippen LogP contribution in [0.4, 0.5) is 10.2 Å². The lowest BCUT2D eigenvalue weighted by molar-refractivity contribution is 0.0901. The molecule has 0 radical (unpaired) electrons. The molecule has 2 aromatic carbocycles. The molecule has 0 saturated heterocycles. The Hall–Kier alpha value is -4.99. The molecule has 178 valence electrons.